The van der Waals surface area contributed by atoms with Gasteiger partial charge in [0, 0.05) is 19.1 Å². The molecule has 0 saturated carbocycles. The Hall–Kier alpha value is -1.63. The summed E-state index contributed by atoms with van der Waals surface area (Å²) in [5, 5.41) is 9.67. The van der Waals surface area contributed by atoms with Gasteiger partial charge in [0.1, 0.15) is 0 Å². The largest absolute Gasteiger partial charge is 0.379 e. The smallest absolute Gasteiger partial charge is 0.277 e. The highest BCUT2D eigenvalue weighted by atomic mass is 16.6. The van der Waals surface area contributed by atoms with Gasteiger partial charge in [-0.25, -0.2) is 4.63 Å². The van der Waals surface area contributed by atoms with Gasteiger partial charge in [-0.05, 0) is 43.0 Å². The van der Waals surface area contributed by atoms with Crippen molar-refractivity contribution < 1.29 is 9.42 Å². The third-order valence-corrected chi connectivity index (χ3v) is 3.33. The molecular weight excluding hydrogens is 234 g/mol. The van der Waals surface area contributed by atoms with Gasteiger partial charge in [0.05, 0.1) is 0 Å². The molecule has 0 spiro atoms. The normalized spacial score (nSPS) is 20.5. The van der Waals surface area contributed by atoms with E-state index in [1.807, 2.05) is 0 Å². The number of amides is 1. The van der Waals surface area contributed by atoms with E-state index < -0.39 is 0 Å². The third-order valence-electron chi connectivity index (χ3n) is 3.33. The zero-order chi connectivity index (χ0) is 13.1. The maximum atomic E-state index is 11.7. The van der Waals surface area contributed by atoms with Crippen LogP contribution in [0.3, 0.4) is 0 Å². The maximum Gasteiger partial charge on any atom is 0.277 e. The van der Waals surface area contributed by atoms with Crippen molar-refractivity contribution in [1.29, 1.82) is 0 Å². The van der Waals surface area contributed by atoms with E-state index in [9.17, 15) is 4.79 Å². The minimum absolute atomic E-state index is 0.0303. The van der Waals surface area contributed by atoms with Crippen LogP contribution in [-0.4, -0.2) is 46.8 Å². The Morgan fingerprint density at radius 1 is 1.61 bits per heavy atom. The lowest BCUT2D eigenvalue weighted by molar-refractivity contribution is 0.0938. The molecule has 0 radical (unpaired) electrons. The van der Waals surface area contributed by atoms with Gasteiger partial charge in [-0.2, -0.15) is 0 Å². The first kappa shape index (κ1) is 12.8. The molecule has 0 aliphatic carbocycles. The van der Waals surface area contributed by atoms with Gasteiger partial charge in [0.25, 0.3) is 5.91 Å². The number of aromatic nitrogens is 2. The number of hydrogen-bond donors (Lipinski definition) is 2. The molecule has 1 saturated heterocycles. The molecule has 3 N–H and O–H groups in total. The molecule has 0 bridgehead atoms. The summed E-state index contributed by atoms with van der Waals surface area (Å²) in [5.74, 6) is 0.192. The number of carbonyl (C=O) groups is 1. The Morgan fingerprint density at radius 2 is 2.39 bits per heavy atom. The van der Waals surface area contributed by atoms with Crippen LogP contribution in [-0.2, 0) is 0 Å². The SMILES string of the molecule is CC(C)N1CCC(CNC(=O)c2nonc2N)C1. The number of likely N-dealkylation sites (tertiary alicyclic amines) is 1. The van der Waals surface area contributed by atoms with Crippen LogP contribution in [0.15, 0.2) is 4.63 Å². The molecule has 1 fully saturated rings. The fraction of sp³-hybridized carbons (Fsp3) is 0.727. The standard InChI is InChI=1S/C11H19N5O2/c1-7(2)16-4-3-8(6-16)5-13-11(17)9-10(12)15-18-14-9/h7-8H,3-6H2,1-2H3,(H2,12,15)(H,13,17). The quantitative estimate of drug-likeness (QED) is 0.790. The van der Waals surface area contributed by atoms with Crippen LogP contribution < -0.4 is 11.1 Å². The molecule has 1 unspecified atom stereocenters. The molecule has 1 amide bonds. The second-order valence-corrected chi connectivity index (χ2v) is 4.95. The Labute approximate surface area is 106 Å². The minimum atomic E-state index is -0.322. The summed E-state index contributed by atoms with van der Waals surface area (Å²) >= 11 is 0. The van der Waals surface area contributed by atoms with Crippen LogP contribution in [0, 0.1) is 5.92 Å². The number of nitrogens with two attached hydrogens (primary N) is 1. The Kier molecular flexibility index (Phi) is 3.81. The van der Waals surface area contributed by atoms with Crippen molar-refractivity contribution in [2.24, 2.45) is 5.92 Å². The Balaban J connectivity index is 1.79. The number of hydrogen-bond acceptors (Lipinski definition) is 6. The zero-order valence-corrected chi connectivity index (χ0v) is 10.7. The van der Waals surface area contributed by atoms with Crippen molar-refractivity contribution in [3.05, 3.63) is 5.69 Å². The molecule has 1 atom stereocenters. The van der Waals surface area contributed by atoms with E-state index in [1.54, 1.807) is 0 Å². The van der Waals surface area contributed by atoms with Gasteiger partial charge < -0.3 is 16.0 Å². The molecule has 0 aromatic carbocycles. The fourth-order valence-electron chi connectivity index (χ4n) is 2.17. The van der Waals surface area contributed by atoms with Crippen molar-refractivity contribution in [3.8, 4) is 0 Å². The predicted octanol–water partition coefficient (Wildman–Crippen LogP) is 0.112. The van der Waals surface area contributed by atoms with Crippen molar-refractivity contribution in [3.63, 3.8) is 0 Å². The number of anilines is 1. The van der Waals surface area contributed by atoms with Crippen molar-refractivity contribution in [2.75, 3.05) is 25.4 Å². The van der Waals surface area contributed by atoms with Crippen molar-refractivity contribution in [2.45, 2.75) is 26.3 Å². The van der Waals surface area contributed by atoms with Gasteiger partial charge in [-0.15, -0.1) is 0 Å². The summed E-state index contributed by atoms with van der Waals surface area (Å²) < 4.78 is 4.39. The average molecular weight is 253 g/mol. The van der Waals surface area contributed by atoms with E-state index in [1.165, 1.54) is 0 Å². The molecule has 7 heteroatoms. The summed E-state index contributed by atoms with van der Waals surface area (Å²) in [4.78, 5) is 14.1. The molecule has 18 heavy (non-hydrogen) atoms. The number of nitrogens with one attached hydrogen (secondary N) is 1. The lowest BCUT2D eigenvalue weighted by Gasteiger charge is -2.20. The lowest BCUT2D eigenvalue weighted by Crippen LogP contribution is -2.33. The summed E-state index contributed by atoms with van der Waals surface area (Å²) in [6.45, 7) is 7.11. The van der Waals surface area contributed by atoms with Crippen LogP contribution in [0.1, 0.15) is 30.8 Å². The molecule has 100 valence electrons. The van der Waals surface area contributed by atoms with Crippen LogP contribution in [0.2, 0.25) is 0 Å². The van der Waals surface area contributed by atoms with Gasteiger partial charge >= 0.3 is 0 Å². The Morgan fingerprint density at radius 3 is 2.94 bits per heavy atom. The van der Waals surface area contributed by atoms with Crippen LogP contribution >= 0.6 is 0 Å². The summed E-state index contributed by atoms with van der Waals surface area (Å²) in [6.07, 6.45) is 1.10. The van der Waals surface area contributed by atoms with Gasteiger partial charge in [-0.3, -0.25) is 4.79 Å². The summed E-state index contributed by atoms with van der Waals surface area (Å²) in [5.41, 5.74) is 5.51. The second kappa shape index (κ2) is 5.34. The number of nitrogens with zero attached hydrogens (tertiary/aromatic N) is 3. The van der Waals surface area contributed by atoms with Gasteiger partial charge in [0.2, 0.25) is 11.5 Å². The number of carbonyl (C=O) groups excluding carboxylic acids is 1. The molecule has 1 aromatic rings. The van der Waals surface area contributed by atoms with E-state index in [0.29, 0.717) is 18.5 Å². The van der Waals surface area contributed by atoms with Crippen molar-refractivity contribution in [1.82, 2.24) is 20.5 Å². The lowest BCUT2D eigenvalue weighted by atomic mass is 10.1. The summed E-state index contributed by atoms with van der Waals surface area (Å²) in [6, 6.07) is 0.557. The van der Waals surface area contributed by atoms with E-state index >= 15 is 0 Å². The Bertz CT molecular complexity index is 417. The van der Waals surface area contributed by atoms with Crippen LogP contribution in [0.4, 0.5) is 5.82 Å². The van der Waals surface area contributed by atoms with Gasteiger partial charge in [0.15, 0.2) is 0 Å². The monoisotopic (exact) mass is 253 g/mol. The van der Waals surface area contributed by atoms with Crippen LogP contribution in [0.5, 0.6) is 0 Å². The number of nitrogen functional groups attached to an aromatic ring is 1. The van der Waals surface area contributed by atoms with E-state index in [2.05, 4.69) is 39.0 Å². The van der Waals surface area contributed by atoms with Crippen molar-refractivity contribution >= 4 is 11.7 Å². The van der Waals surface area contributed by atoms with E-state index in [4.69, 9.17) is 5.73 Å². The first-order valence-electron chi connectivity index (χ1n) is 6.18. The highest BCUT2D eigenvalue weighted by Gasteiger charge is 2.25. The highest BCUT2D eigenvalue weighted by Crippen LogP contribution is 2.17. The fourth-order valence-corrected chi connectivity index (χ4v) is 2.17. The maximum absolute atomic E-state index is 11.7. The highest BCUT2D eigenvalue weighted by molar-refractivity contribution is 5.95. The molecule has 1 aliphatic rings. The first-order valence-corrected chi connectivity index (χ1v) is 6.18. The van der Waals surface area contributed by atoms with Crippen LogP contribution in [0.25, 0.3) is 0 Å². The van der Waals surface area contributed by atoms with E-state index in [-0.39, 0.29) is 17.4 Å². The predicted molar refractivity (Wildman–Crippen MR) is 65.9 cm³/mol. The number of rotatable bonds is 4. The first-order chi connectivity index (χ1) is 8.58. The zero-order valence-electron chi connectivity index (χ0n) is 10.7. The minimum Gasteiger partial charge on any atom is -0.379 e. The molecule has 2 heterocycles. The average Bonchev–Trinajstić information content (AvgIpc) is 2.94. The second-order valence-electron chi connectivity index (χ2n) is 4.95. The summed E-state index contributed by atoms with van der Waals surface area (Å²) in [7, 11) is 0. The molecular formula is C11H19N5O2. The molecule has 1 aliphatic heterocycles. The van der Waals surface area contributed by atoms with Gasteiger partial charge in [-0.1, -0.05) is 0 Å². The molecule has 7 nitrogen and oxygen atoms in total. The third kappa shape index (κ3) is 2.79. The molecule has 2 rings (SSSR count). The topological polar surface area (TPSA) is 97.3 Å². The molecule has 1 aromatic heterocycles. The van der Waals surface area contributed by atoms with E-state index in [0.717, 1.165) is 19.5 Å².